The van der Waals surface area contributed by atoms with Crippen LogP contribution in [0.4, 0.5) is 5.00 Å². The van der Waals surface area contributed by atoms with Crippen LogP contribution in [0.1, 0.15) is 17.8 Å². The van der Waals surface area contributed by atoms with E-state index in [0.29, 0.717) is 5.00 Å². The Kier molecular flexibility index (Phi) is 2.03. The number of thiazole rings is 1. The van der Waals surface area contributed by atoms with Crippen LogP contribution in [0.2, 0.25) is 0 Å². The maximum absolute atomic E-state index is 11.4. The summed E-state index contributed by atoms with van der Waals surface area (Å²) in [6, 6.07) is 0. The molecule has 1 heterocycles. The molecule has 0 saturated heterocycles. The first-order valence-corrected chi connectivity index (χ1v) is 6.38. The monoisotopic (exact) mass is 218 g/mol. The summed E-state index contributed by atoms with van der Waals surface area (Å²) in [4.78, 5) is 3.97. The molecule has 0 spiro atoms. The van der Waals surface area contributed by atoms with Gasteiger partial charge in [-0.3, -0.25) is 4.72 Å². The summed E-state index contributed by atoms with van der Waals surface area (Å²) in [5.41, 5.74) is 0. The standard InChI is InChI=1S/C7H10N2O2S2/c1-5-8-4-7(12-5)9-13(10,11)6-2-3-6/h4,6,9H,2-3H2,1H3. The first-order valence-electron chi connectivity index (χ1n) is 4.02. The van der Waals surface area contributed by atoms with Gasteiger partial charge in [-0.15, -0.1) is 11.3 Å². The fourth-order valence-corrected chi connectivity index (χ4v) is 3.31. The fraction of sp³-hybridized carbons (Fsp3) is 0.571. The Balaban J connectivity index is 2.13. The zero-order chi connectivity index (χ0) is 9.47. The number of hydrogen-bond donors (Lipinski definition) is 1. The third-order valence-corrected chi connectivity index (χ3v) is 4.64. The van der Waals surface area contributed by atoms with Gasteiger partial charge in [-0.1, -0.05) is 0 Å². The smallest absolute Gasteiger partial charge is 0.236 e. The van der Waals surface area contributed by atoms with Crippen LogP contribution >= 0.6 is 11.3 Å². The Morgan fingerprint density at radius 2 is 2.31 bits per heavy atom. The quantitative estimate of drug-likeness (QED) is 0.833. The fourth-order valence-electron chi connectivity index (χ4n) is 1.01. The van der Waals surface area contributed by atoms with Gasteiger partial charge in [0.15, 0.2) is 0 Å². The van der Waals surface area contributed by atoms with Crippen LogP contribution in [0.15, 0.2) is 6.20 Å². The van der Waals surface area contributed by atoms with Gasteiger partial charge in [0, 0.05) is 0 Å². The van der Waals surface area contributed by atoms with Crippen LogP contribution in [-0.4, -0.2) is 18.7 Å². The van der Waals surface area contributed by atoms with Crippen LogP contribution in [-0.2, 0) is 10.0 Å². The minimum atomic E-state index is -3.11. The molecule has 1 aromatic rings. The van der Waals surface area contributed by atoms with Gasteiger partial charge in [0.2, 0.25) is 10.0 Å². The Hall–Kier alpha value is -0.620. The predicted molar refractivity (Wildman–Crippen MR) is 52.4 cm³/mol. The van der Waals surface area contributed by atoms with E-state index in [4.69, 9.17) is 0 Å². The number of aromatic nitrogens is 1. The second-order valence-electron chi connectivity index (χ2n) is 3.09. The lowest BCUT2D eigenvalue weighted by atomic mass is 10.8. The Bertz CT molecular complexity index is 406. The van der Waals surface area contributed by atoms with Crippen LogP contribution in [0.3, 0.4) is 0 Å². The minimum absolute atomic E-state index is 0.171. The first kappa shape index (κ1) is 8.96. The van der Waals surface area contributed by atoms with Gasteiger partial charge in [0.05, 0.1) is 16.5 Å². The molecule has 0 aromatic carbocycles. The van der Waals surface area contributed by atoms with Crippen molar-refractivity contribution in [1.29, 1.82) is 0 Å². The van der Waals surface area contributed by atoms with Crippen molar-refractivity contribution in [2.24, 2.45) is 0 Å². The maximum atomic E-state index is 11.4. The highest BCUT2D eigenvalue weighted by Crippen LogP contribution is 2.30. The highest BCUT2D eigenvalue weighted by molar-refractivity contribution is 7.93. The Labute approximate surface area is 81.1 Å². The van der Waals surface area contributed by atoms with Crippen molar-refractivity contribution >= 4 is 26.4 Å². The minimum Gasteiger partial charge on any atom is -0.273 e. The average Bonchev–Trinajstić information content (AvgIpc) is 2.78. The third kappa shape index (κ3) is 2.00. The van der Waals surface area contributed by atoms with E-state index >= 15 is 0 Å². The number of nitrogens with one attached hydrogen (secondary N) is 1. The number of hydrogen-bond acceptors (Lipinski definition) is 4. The van der Waals surface area contributed by atoms with Crippen LogP contribution < -0.4 is 4.72 Å². The molecule has 2 rings (SSSR count). The molecule has 0 bridgehead atoms. The number of rotatable bonds is 3. The van der Waals surface area contributed by atoms with E-state index in [9.17, 15) is 8.42 Å². The van der Waals surface area contributed by atoms with E-state index in [1.165, 1.54) is 11.3 Å². The molecule has 0 radical (unpaired) electrons. The summed E-state index contributed by atoms with van der Waals surface area (Å²) in [6.07, 6.45) is 3.13. The van der Waals surface area contributed by atoms with Crippen molar-refractivity contribution in [3.63, 3.8) is 0 Å². The molecule has 6 heteroatoms. The van der Waals surface area contributed by atoms with Gasteiger partial charge in [-0.2, -0.15) is 0 Å². The van der Waals surface area contributed by atoms with Crippen LogP contribution in [0.5, 0.6) is 0 Å². The maximum Gasteiger partial charge on any atom is 0.236 e. The number of aryl methyl sites for hydroxylation is 1. The molecule has 0 unspecified atom stereocenters. The molecular formula is C7H10N2O2S2. The lowest BCUT2D eigenvalue weighted by molar-refractivity contribution is 0.600. The van der Waals surface area contributed by atoms with Crippen LogP contribution in [0, 0.1) is 6.92 Å². The van der Waals surface area contributed by atoms with Crippen molar-refractivity contribution in [2.45, 2.75) is 25.0 Å². The van der Waals surface area contributed by atoms with E-state index < -0.39 is 10.0 Å². The molecule has 1 aliphatic rings. The summed E-state index contributed by atoms with van der Waals surface area (Å²) in [5.74, 6) is 0. The molecule has 72 valence electrons. The highest BCUT2D eigenvalue weighted by atomic mass is 32.2. The predicted octanol–water partition coefficient (Wildman–Crippen LogP) is 1.36. The SMILES string of the molecule is Cc1ncc(NS(=O)(=O)C2CC2)s1. The lowest BCUT2D eigenvalue weighted by Gasteiger charge is -2.01. The van der Waals surface area contributed by atoms with E-state index in [1.54, 1.807) is 6.20 Å². The Morgan fingerprint density at radius 1 is 1.62 bits per heavy atom. The van der Waals surface area contributed by atoms with Crippen molar-refractivity contribution in [3.8, 4) is 0 Å². The lowest BCUT2D eigenvalue weighted by Crippen LogP contribution is -2.16. The first-order chi connectivity index (χ1) is 6.08. The van der Waals surface area contributed by atoms with Gasteiger partial charge in [0.25, 0.3) is 0 Å². The summed E-state index contributed by atoms with van der Waals surface area (Å²) >= 11 is 1.36. The summed E-state index contributed by atoms with van der Waals surface area (Å²) in [6.45, 7) is 1.85. The molecule has 0 amide bonds. The second-order valence-corrected chi connectivity index (χ2v) is 6.29. The molecule has 1 N–H and O–H groups in total. The third-order valence-electron chi connectivity index (χ3n) is 1.83. The number of nitrogens with zero attached hydrogens (tertiary/aromatic N) is 1. The van der Waals surface area contributed by atoms with E-state index in [0.717, 1.165) is 17.8 Å². The summed E-state index contributed by atoms with van der Waals surface area (Å²) in [5, 5.41) is 1.31. The molecule has 13 heavy (non-hydrogen) atoms. The van der Waals surface area contributed by atoms with Gasteiger partial charge >= 0.3 is 0 Å². The van der Waals surface area contributed by atoms with E-state index in [2.05, 4.69) is 9.71 Å². The highest BCUT2D eigenvalue weighted by Gasteiger charge is 2.35. The largest absolute Gasteiger partial charge is 0.273 e. The molecule has 1 aromatic heterocycles. The molecule has 4 nitrogen and oxygen atoms in total. The molecule has 1 aliphatic carbocycles. The second kappa shape index (κ2) is 2.95. The summed E-state index contributed by atoms with van der Waals surface area (Å²) < 4.78 is 25.4. The molecule has 0 aliphatic heterocycles. The molecular weight excluding hydrogens is 208 g/mol. The van der Waals surface area contributed by atoms with Crippen molar-refractivity contribution < 1.29 is 8.42 Å². The topological polar surface area (TPSA) is 59.1 Å². The van der Waals surface area contributed by atoms with Crippen molar-refractivity contribution in [1.82, 2.24) is 4.98 Å². The zero-order valence-electron chi connectivity index (χ0n) is 7.15. The summed E-state index contributed by atoms with van der Waals surface area (Å²) in [7, 11) is -3.11. The van der Waals surface area contributed by atoms with E-state index in [-0.39, 0.29) is 5.25 Å². The van der Waals surface area contributed by atoms with Crippen molar-refractivity contribution in [3.05, 3.63) is 11.2 Å². The van der Waals surface area contributed by atoms with Gasteiger partial charge in [-0.25, -0.2) is 13.4 Å². The molecule has 0 atom stereocenters. The van der Waals surface area contributed by atoms with Gasteiger partial charge < -0.3 is 0 Å². The van der Waals surface area contributed by atoms with Crippen molar-refractivity contribution in [2.75, 3.05) is 4.72 Å². The average molecular weight is 218 g/mol. The van der Waals surface area contributed by atoms with E-state index in [1.807, 2.05) is 6.92 Å². The number of sulfonamides is 1. The zero-order valence-corrected chi connectivity index (χ0v) is 8.78. The normalized spacial score (nSPS) is 17.3. The van der Waals surface area contributed by atoms with Gasteiger partial charge in [-0.05, 0) is 19.8 Å². The van der Waals surface area contributed by atoms with Crippen LogP contribution in [0.25, 0.3) is 0 Å². The van der Waals surface area contributed by atoms with Gasteiger partial charge in [0.1, 0.15) is 5.00 Å². The number of anilines is 1. The molecule has 1 saturated carbocycles. The molecule has 1 fully saturated rings. The Morgan fingerprint density at radius 3 is 2.77 bits per heavy atom.